The number of aliphatic carboxylic acids is 1. The largest absolute Gasteiger partial charge is 0.480 e. The van der Waals surface area contributed by atoms with Gasteiger partial charge < -0.3 is 10.8 Å². The Morgan fingerprint density at radius 3 is 2.43 bits per heavy atom. The number of hydrogen-bond donors (Lipinski definition) is 3. The molecule has 80 valence electrons. The molecule has 1 aromatic rings. The van der Waals surface area contributed by atoms with Crippen LogP contribution in [0.3, 0.4) is 0 Å². The Balaban J connectivity index is 0.000000280. The Labute approximate surface area is 81.7 Å². The molecule has 0 saturated heterocycles. The molecule has 1 atom stereocenters. The molecule has 1 aromatic heterocycles. The van der Waals surface area contributed by atoms with Gasteiger partial charge in [-0.25, -0.2) is 5.10 Å². The number of rotatable bonds is 3. The average Bonchev–Trinajstić information content (AvgIpc) is 2.59. The second kappa shape index (κ2) is 6.96. The van der Waals surface area contributed by atoms with Crippen molar-refractivity contribution in [1.29, 1.82) is 0 Å². The second-order valence-electron chi connectivity index (χ2n) is 3.14. The molecule has 1 rings (SSSR count). The van der Waals surface area contributed by atoms with E-state index in [0.717, 1.165) is 0 Å². The van der Waals surface area contributed by atoms with Crippen LogP contribution >= 0.6 is 0 Å². The van der Waals surface area contributed by atoms with E-state index in [1.165, 1.54) is 6.33 Å². The van der Waals surface area contributed by atoms with Gasteiger partial charge in [0.05, 0.1) is 0 Å². The fourth-order valence-electron chi connectivity index (χ4n) is 0.738. The van der Waals surface area contributed by atoms with Gasteiger partial charge in [-0.2, -0.15) is 0 Å². The molecule has 0 radical (unpaired) electrons. The molecule has 0 amide bonds. The van der Waals surface area contributed by atoms with E-state index < -0.39 is 12.0 Å². The Morgan fingerprint density at radius 2 is 2.29 bits per heavy atom. The number of aromatic nitrogens is 4. The predicted molar refractivity (Wildman–Crippen MR) is 49.2 cm³/mol. The minimum atomic E-state index is -0.913. The molecule has 14 heavy (non-hydrogen) atoms. The lowest BCUT2D eigenvalue weighted by Gasteiger charge is -2.07. The summed E-state index contributed by atoms with van der Waals surface area (Å²) in [5, 5.41) is 20.4. The van der Waals surface area contributed by atoms with Crippen LogP contribution in [-0.4, -0.2) is 37.7 Å². The highest BCUT2D eigenvalue weighted by Crippen LogP contribution is 2.01. The number of carboxylic acid groups (broad SMARTS) is 1. The van der Waals surface area contributed by atoms with Crippen molar-refractivity contribution < 1.29 is 9.90 Å². The van der Waals surface area contributed by atoms with E-state index in [0.29, 0.717) is 12.3 Å². The minimum absolute atomic E-state index is 0.357. The number of hydrogen-bond acceptors (Lipinski definition) is 5. The van der Waals surface area contributed by atoms with Gasteiger partial charge in [0, 0.05) is 0 Å². The Hall–Kier alpha value is -1.50. The molecule has 0 aromatic carbocycles. The van der Waals surface area contributed by atoms with Gasteiger partial charge in [0.15, 0.2) is 0 Å². The van der Waals surface area contributed by atoms with Crippen LogP contribution < -0.4 is 5.73 Å². The zero-order valence-electron chi connectivity index (χ0n) is 8.21. The fraction of sp³-hybridized carbons (Fsp3) is 0.714. The van der Waals surface area contributed by atoms with Crippen LogP contribution in [-0.2, 0) is 4.79 Å². The Bertz CT molecular complexity index is 219. The van der Waals surface area contributed by atoms with Crippen molar-refractivity contribution in [1.82, 2.24) is 20.6 Å². The van der Waals surface area contributed by atoms with Crippen LogP contribution in [0, 0.1) is 5.92 Å². The SMILES string of the molecule is CC(C)CC(N)C(=O)O.c1nnn[nH]1. The number of tetrazole rings is 1. The van der Waals surface area contributed by atoms with Gasteiger partial charge in [-0.3, -0.25) is 4.79 Å². The molecule has 0 fully saturated rings. The van der Waals surface area contributed by atoms with Gasteiger partial charge in [0.25, 0.3) is 0 Å². The lowest BCUT2D eigenvalue weighted by atomic mass is 10.1. The third-order valence-corrected chi connectivity index (χ3v) is 1.31. The van der Waals surface area contributed by atoms with Crippen LogP contribution in [0.15, 0.2) is 6.33 Å². The van der Waals surface area contributed by atoms with Crippen molar-refractivity contribution in [2.45, 2.75) is 26.3 Å². The smallest absolute Gasteiger partial charge is 0.320 e. The van der Waals surface area contributed by atoms with Gasteiger partial charge in [-0.15, -0.1) is 5.10 Å². The minimum Gasteiger partial charge on any atom is -0.480 e. The van der Waals surface area contributed by atoms with Crippen molar-refractivity contribution in [2.24, 2.45) is 11.7 Å². The first-order valence-corrected chi connectivity index (χ1v) is 4.19. The van der Waals surface area contributed by atoms with Gasteiger partial charge in [0.2, 0.25) is 0 Å². The summed E-state index contributed by atoms with van der Waals surface area (Å²) in [5.74, 6) is -0.556. The van der Waals surface area contributed by atoms with Crippen LogP contribution in [0.25, 0.3) is 0 Å². The molecule has 4 N–H and O–H groups in total. The molecule has 7 nitrogen and oxygen atoms in total. The van der Waals surface area contributed by atoms with Crippen molar-refractivity contribution in [3.63, 3.8) is 0 Å². The first-order valence-electron chi connectivity index (χ1n) is 4.19. The summed E-state index contributed by atoms with van der Waals surface area (Å²) >= 11 is 0. The maximum atomic E-state index is 10.1. The highest BCUT2D eigenvalue weighted by molar-refractivity contribution is 5.72. The molecule has 7 heteroatoms. The van der Waals surface area contributed by atoms with Crippen LogP contribution in [0.4, 0.5) is 0 Å². The van der Waals surface area contributed by atoms with Gasteiger partial charge in [-0.05, 0) is 22.8 Å². The number of aromatic amines is 1. The molecular weight excluding hydrogens is 186 g/mol. The standard InChI is InChI=1S/C6H13NO2.CH2N4/c1-4(2)3-5(7)6(8)9;1-2-4-5-3-1/h4-5H,3,7H2,1-2H3,(H,8,9);1H,(H,2,3,4,5). The molecule has 0 bridgehead atoms. The highest BCUT2D eigenvalue weighted by atomic mass is 16.4. The van der Waals surface area contributed by atoms with Crippen molar-refractivity contribution in [3.8, 4) is 0 Å². The zero-order valence-corrected chi connectivity index (χ0v) is 8.21. The van der Waals surface area contributed by atoms with Gasteiger partial charge in [0.1, 0.15) is 12.4 Å². The fourth-order valence-corrected chi connectivity index (χ4v) is 0.738. The van der Waals surface area contributed by atoms with E-state index in [1.54, 1.807) is 0 Å². The highest BCUT2D eigenvalue weighted by Gasteiger charge is 2.11. The molecule has 1 unspecified atom stereocenters. The van der Waals surface area contributed by atoms with E-state index >= 15 is 0 Å². The Kier molecular flexibility index (Phi) is 6.21. The first kappa shape index (κ1) is 12.5. The summed E-state index contributed by atoms with van der Waals surface area (Å²) in [6, 6.07) is -0.690. The Morgan fingerprint density at radius 1 is 1.64 bits per heavy atom. The molecule has 1 heterocycles. The second-order valence-corrected chi connectivity index (χ2v) is 3.14. The van der Waals surface area contributed by atoms with Crippen LogP contribution in [0.2, 0.25) is 0 Å². The van der Waals surface area contributed by atoms with Crippen molar-refractivity contribution in [3.05, 3.63) is 6.33 Å². The molecule has 0 aliphatic rings. The predicted octanol–water partition coefficient (Wildman–Crippen LogP) is -0.356. The number of carboxylic acids is 1. The number of nitrogens with two attached hydrogens (primary N) is 1. The molecule has 0 saturated carbocycles. The number of H-pyrrole nitrogens is 1. The lowest BCUT2D eigenvalue weighted by molar-refractivity contribution is -0.138. The van der Waals surface area contributed by atoms with Gasteiger partial charge in [-0.1, -0.05) is 13.8 Å². The number of nitrogens with one attached hydrogen (secondary N) is 1. The van der Waals surface area contributed by atoms with E-state index in [9.17, 15) is 4.79 Å². The molecule has 0 aliphatic carbocycles. The third-order valence-electron chi connectivity index (χ3n) is 1.31. The van der Waals surface area contributed by atoms with Crippen LogP contribution in [0.5, 0.6) is 0 Å². The molecule has 0 aliphatic heterocycles. The summed E-state index contributed by atoms with van der Waals surface area (Å²) in [7, 11) is 0. The summed E-state index contributed by atoms with van der Waals surface area (Å²) in [6.07, 6.45) is 1.95. The van der Waals surface area contributed by atoms with Crippen LogP contribution in [0.1, 0.15) is 20.3 Å². The normalized spacial score (nSPS) is 11.7. The summed E-state index contributed by atoms with van der Waals surface area (Å²) in [6.45, 7) is 3.89. The number of carbonyl (C=O) groups is 1. The van der Waals surface area contributed by atoms with E-state index in [-0.39, 0.29) is 0 Å². The summed E-state index contributed by atoms with van der Waals surface area (Å²) < 4.78 is 0. The molecular formula is C7H15N5O2. The van der Waals surface area contributed by atoms with E-state index in [1.807, 2.05) is 13.8 Å². The lowest BCUT2D eigenvalue weighted by Crippen LogP contribution is -2.31. The van der Waals surface area contributed by atoms with Crippen molar-refractivity contribution in [2.75, 3.05) is 0 Å². The third kappa shape index (κ3) is 7.17. The molecule has 0 spiro atoms. The quantitative estimate of drug-likeness (QED) is 0.614. The monoisotopic (exact) mass is 201 g/mol. The van der Waals surface area contributed by atoms with E-state index in [4.69, 9.17) is 10.8 Å². The first-order chi connectivity index (χ1) is 6.54. The summed E-state index contributed by atoms with van der Waals surface area (Å²) in [5.41, 5.74) is 5.22. The average molecular weight is 201 g/mol. The maximum Gasteiger partial charge on any atom is 0.320 e. The number of nitrogens with zero attached hydrogens (tertiary/aromatic N) is 3. The summed E-state index contributed by atoms with van der Waals surface area (Å²) in [4.78, 5) is 10.1. The van der Waals surface area contributed by atoms with E-state index in [2.05, 4.69) is 20.6 Å². The topological polar surface area (TPSA) is 118 Å². The van der Waals surface area contributed by atoms with Gasteiger partial charge >= 0.3 is 5.97 Å². The maximum absolute atomic E-state index is 10.1. The zero-order chi connectivity index (χ0) is 11.0. The van der Waals surface area contributed by atoms with Crippen molar-refractivity contribution >= 4 is 5.97 Å².